The summed E-state index contributed by atoms with van der Waals surface area (Å²) in [5.74, 6) is 0.869. The van der Waals surface area contributed by atoms with E-state index < -0.39 is 0 Å². The highest BCUT2D eigenvalue weighted by molar-refractivity contribution is 7.09. The highest BCUT2D eigenvalue weighted by atomic mass is 32.1. The van der Waals surface area contributed by atoms with Gasteiger partial charge in [0.1, 0.15) is 5.82 Å². The molecular formula is C11H9N3OS. The molecule has 16 heavy (non-hydrogen) atoms. The predicted molar refractivity (Wildman–Crippen MR) is 62.9 cm³/mol. The van der Waals surface area contributed by atoms with Gasteiger partial charge in [-0.1, -0.05) is 6.07 Å². The molecule has 0 amide bonds. The Kier molecular flexibility index (Phi) is 2.11. The molecule has 3 aromatic rings. The van der Waals surface area contributed by atoms with E-state index in [9.17, 15) is 4.79 Å². The van der Waals surface area contributed by atoms with Crippen molar-refractivity contribution < 1.29 is 0 Å². The smallest absolute Gasteiger partial charge is 0.183 e. The zero-order valence-corrected chi connectivity index (χ0v) is 9.20. The average molecular weight is 231 g/mol. The monoisotopic (exact) mass is 231 g/mol. The lowest BCUT2D eigenvalue weighted by Gasteiger charge is -1.90. The van der Waals surface area contributed by atoms with Crippen LogP contribution in [-0.4, -0.2) is 14.6 Å². The predicted octanol–water partition coefficient (Wildman–Crippen LogP) is 1.67. The van der Waals surface area contributed by atoms with Crippen LogP contribution < -0.4 is 5.43 Å². The molecule has 80 valence electrons. The van der Waals surface area contributed by atoms with Gasteiger partial charge in [-0.2, -0.15) is 0 Å². The Balaban J connectivity index is 2.02. The van der Waals surface area contributed by atoms with Crippen molar-refractivity contribution in [3.05, 3.63) is 56.8 Å². The molecule has 0 saturated heterocycles. The third-order valence-corrected chi connectivity index (χ3v) is 3.20. The normalized spacial score (nSPS) is 11.0. The number of fused-ring (bicyclic) bond motifs is 1. The van der Waals surface area contributed by atoms with Crippen molar-refractivity contribution >= 4 is 17.0 Å². The first-order valence-corrected chi connectivity index (χ1v) is 5.79. The minimum Gasteiger partial charge on any atom is -0.290 e. The fourth-order valence-corrected chi connectivity index (χ4v) is 2.32. The largest absolute Gasteiger partial charge is 0.290 e. The molecule has 0 spiro atoms. The summed E-state index contributed by atoms with van der Waals surface area (Å²) in [6.07, 6.45) is 2.47. The van der Waals surface area contributed by atoms with Crippen LogP contribution in [0, 0.1) is 0 Å². The van der Waals surface area contributed by atoms with Crippen LogP contribution in [0.5, 0.6) is 0 Å². The molecule has 3 aromatic heterocycles. The standard InChI is InChI=1S/C11H9N3OS/c15-8-3-4-14-11(6-8)12-10(13-14)7-9-2-1-5-16-9/h1-6H,7H2,(H,12,13). The summed E-state index contributed by atoms with van der Waals surface area (Å²) in [4.78, 5) is 16.8. The number of nitrogens with zero attached hydrogens (tertiary/aromatic N) is 2. The first-order chi connectivity index (χ1) is 7.81. The van der Waals surface area contributed by atoms with Gasteiger partial charge in [-0.15, -0.1) is 11.3 Å². The van der Waals surface area contributed by atoms with Gasteiger partial charge in [-0.05, 0) is 11.4 Å². The molecule has 0 aliphatic rings. The maximum absolute atomic E-state index is 11.1. The van der Waals surface area contributed by atoms with Crippen LogP contribution in [-0.2, 0) is 6.42 Å². The van der Waals surface area contributed by atoms with Crippen LogP contribution in [0.15, 0.2) is 40.6 Å². The van der Waals surface area contributed by atoms with E-state index in [4.69, 9.17) is 0 Å². The van der Waals surface area contributed by atoms with Crippen molar-refractivity contribution in [2.45, 2.75) is 6.42 Å². The van der Waals surface area contributed by atoms with Crippen LogP contribution in [0.4, 0.5) is 0 Å². The second kappa shape index (κ2) is 3.61. The maximum Gasteiger partial charge on any atom is 0.183 e. The van der Waals surface area contributed by atoms with E-state index in [-0.39, 0.29) is 5.43 Å². The molecule has 1 N–H and O–H groups in total. The van der Waals surface area contributed by atoms with E-state index in [0.717, 1.165) is 12.2 Å². The van der Waals surface area contributed by atoms with Gasteiger partial charge in [0.15, 0.2) is 11.1 Å². The number of hydrogen-bond donors (Lipinski definition) is 1. The molecule has 0 radical (unpaired) electrons. The Hall–Kier alpha value is -1.88. The molecular weight excluding hydrogens is 222 g/mol. The first-order valence-electron chi connectivity index (χ1n) is 4.91. The molecule has 0 aliphatic heterocycles. The van der Waals surface area contributed by atoms with Gasteiger partial charge < -0.3 is 0 Å². The summed E-state index contributed by atoms with van der Waals surface area (Å²) < 4.78 is 1.75. The molecule has 0 aliphatic carbocycles. The Morgan fingerprint density at radius 1 is 1.44 bits per heavy atom. The Morgan fingerprint density at radius 3 is 3.19 bits per heavy atom. The zero-order chi connectivity index (χ0) is 11.0. The van der Waals surface area contributed by atoms with Crippen LogP contribution >= 0.6 is 11.3 Å². The van der Waals surface area contributed by atoms with E-state index in [1.165, 1.54) is 17.0 Å². The van der Waals surface area contributed by atoms with E-state index in [1.807, 2.05) is 11.4 Å². The van der Waals surface area contributed by atoms with Crippen molar-refractivity contribution in [3.8, 4) is 0 Å². The molecule has 0 atom stereocenters. The topological polar surface area (TPSA) is 50.2 Å². The van der Waals surface area contributed by atoms with Gasteiger partial charge in [-0.3, -0.25) is 9.89 Å². The van der Waals surface area contributed by atoms with Gasteiger partial charge >= 0.3 is 0 Å². The van der Waals surface area contributed by atoms with Crippen molar-refractivity contribution in [2.75, 3.05) is 0 Å². The van der Waals surface area contributed by atoms with E-state index in [0.29, 0.717) is 5.65 Å². The number of aromatic nitrogens is 3. The fourth-order valence-electron chi connectivity index (χ4n) is 1.61. The fraction of sp³-hybridized carbons (Fsp3) is 0.0909. The molecule has 0 bridgehead atoms. The molecule has 4 nitrogen and oxygen atoms in total. The number of nitrogens with one attached hydrogen (secondary N) is 1. The Bertz CT molecular complexity index is 666. The molecule has 0 saturated carbocycles. The number of pyridine rings is 1. The van der Waals surface area contributed by atoms with Gasteiger partial charge in [-0.25, -0.2) is 9.50 Å². The first kappa shape index (κ1) is 9.35. The molecule has 3 rings (SSSR count). The number of thiophene rings is 1. The van der Waals surface area contributed by atoms with E-state index in [1.54, 1.807) is 22.0 Å². The summed E-state index contributed by atoms with van der Waals surface area (Å²) in [5.41, 5.74) is 0.647. The lowest BCUT2D eigenvalue weighted by Crippen LogP contribution is -1.98. The highest BCUT2D eigenvalue weighted by Crippen LogP contribution is 2.12. The van der Waals surface area contributed by atoms with Crippen LogP contribution in [0.3, 0.4) is 0 Å². The Morgan fingerprint density at radius 2 is 2.38 bits per heavy atom. The van der Waals surface area contributed by atoms with Gasteiger partial charge in [0, 0.05) is 29.6 Å². The average Bonchev–Trinajstić information content (AvgIpc) is 2.86. The third kappa shape index (κ3) is 1.65. The molecule has 5 heteroatoms. The minimum absolute atomic E-state index is 0.0193. The Labute approximate surface area is 95.2 Å². The van der Waals surface area contributed by atoms with Crippen molar-refractivity contribution in [2.24, 2.45) is 0 Å². The van der Waals surface area contributed by atoms with Crippen molar-refractivity contribution in [1.29, 1.82) is 0 Å². The SMILES string of the molecule is O=c1ccn2[nH]c(Cc3cccs3)nc2c1. The van der Waals surface area contributed by atoms with Gasteiger partial charge in [0.05, 0.1) is 0 Å². The van der Waals surface area contributed by atoms with E-state index >= 15 is 0 Å². The summed E-state index contributed by atoms with van der Waals surface area (Å²) >= 11 is 1.70. The number of H-pyrrole nitrogens is 1. The summed E-state index contributed by atoms with van der Waals surface area (Å²) in [6, 6.07) is 7.13. The van der Waals surface area contributed by atoms with Gasteiger partial charge in [0.25, 0.3) is 0 Å². The third-order valence-electron chi connectivity index (χ3n) is 2.33. The number of hydrogen-bond acceptors (Lipinski definition) is 3. The van der Waals surface area contributed by atoms with Gasteiger partial charge in [0.2, 0.25) is 0 Å². The second-order valence-electron chi connectivity index (χ2n) is 3.52. The van der Waals surface area contributed by atoms with Crippen LogP contribution in [0.2, 0.25) is 0 Å². The van der Waals surface area contributed by atoms with E-state index in [2.05, 4.69) is 16.1 Å². The quantitative estimate of drug-likeness (QED) is 0.729. The molecule has 3 heterocycles. The van der Waals surface area contributed by atoms with Crippen LogP contribution in [0.1, 0.15) is 10.7 Å². The number of rotatable bonds is 2. The maximum atomic E-state index is 11.1. The molecule has 0 unspecified atom stereocenters. The van der Waals surface area contributed by atoms with Crippen molar-refractivity contribution in [1.82, 2.24) is 14.6 Å². The lowest BCUT2D eigenvalue weighted by molar-refractivity contribution is 0.903. The minimum atomic E-state index is -0.0193. The zero-order valence-electron chi connectivity index (χ0n) is 8.38. The van der Waals surface area contributed by atoms with Crippen molar-refractivity contribution in [3.63, 3.8) is 0 Å². The van der Waals surface area contributed by atoms with Crippen LogP contribution in [0.25, 0.3) is 5.65 Å². The molecule has 0 fully saturated rings. The number of aromatic amines is 1. The summed E-state index contributed by atoms with van der Waals surface area (Å²) in [7, 11) is 0. The highest BCUT2D eigenvalue weighted by Gasteiger charge is 2.03. The lowest BCUT2D eigenvalue weighted by atomic mass is 10.3. The summed E-state index contributed by atoms with van der Waals surface area (Å²) in [5, 5.41) is 5.18. The summed E-state index contributed by atoms with van der Waals surface area (Å²) in [6.45, 7) is 0. The molecule has 0 aromatic carbocycles. The second-order valence-corrected chi connectivity index (χ2v) is 4.55.